The second-order valence-electron chi connectivity index (χ2n) is 6.42. The van der Waals surface area contributed by atoms with Crippen LogP contribution in [0, 0.1) is 11.6 Å². The topological polar surface area (TPSA) is 64.2 Å². The Hall–Kier alpha value is -1.86. The van der Waals surface area contributed by atoms with Gasteiger partial charge < -0.3 is 9.87 Å². The fraction of sp³-hybridized carbons (Fsp3) is 0.353. The predicted octanol–water partition coefficient (Wildman–Crippen LogP) is 3.56. The van der Waals surface area contributed by atoms with Gasteiger partial charge in [-0.2, -0.15) is 0 Å². The minimum atomic E-state index is -1.24. The lowest BCUT2D eigenvalue weighted by molar-refractivity contribution is -0.113. The molecule has 0 saturated heterocycles. The van der Waals surface area contributed by atoms with Gasteiger partial charge in [-0.3, -0.25) is 4.79 Å². The fourth-order valence-electron chi connectivity index (χ4n) is 1.99. The van der Waals surface area contributed by atoms with E-state index in [0.717, 1.165) is 17.8 Å². The van der Waals surface area contributed by atoms with Crippen molar-refractivity contribution in [2.75, 3.05) is 5.32 Å². The van der Waals surface area contributed by atoms with Gasteiger partial charge in [-0.15, -0.1) is 0 Å². The first kappa shape index (κ1) is 18.5. The Kier molecular flexibility index (Phi) is 5.66. The molecule has 2 N–H and O–H groups in total. The van der Waals surface area contributed by atoms with Crippen molar-refractivity contribution in [2.24, 2.45) is 0 Å². The van der Waals surface area contributed by atoms with Gasteiger partial charge in [0.05, 0.1) is 17.1 Å². The highest BCUT2D eigenvalue weighted by Crippen LogP contribution is 2.23. The van der Waals surface area contributed by atoms with Crippen LogP contribution in [0.1, 0.15) is 33.6 Å². The summed E-state index contributed by atoms with van der Waals surface area (Å²) >= 11 is -1.24. The van der Waals surface area contributed by atoms with Gasteiger partial charge in [0.2, 0.25) is 0 Å². The maximum Gasteiger partial charge on any atom is 0.251 e. The van der Waals surface area contributed by atoms with E-state index in [1.165, 1.54) is 6.07 Å². The molecule has 1 aromatic carbocycles. The van der Waals surface area contributed by atoms with Gasteiger partial charge in [0.1, 0.15) is 22.1 Å². The third-order valence-electron chi connectivity index (χ3n) is 3.42. The van der Waals surface area contributed by atoms with E-state index in [1.807, 2.05) is 20.8 Å². The molecule has 2 rings (SSSR count). The first-order chi connectivity index (χ1) is 11.2. The Balaban J connectivity index is 2.05. The molecule has 4 nitrogen and oxygen atoms in total. The lowest BCUT2D eigenvalue weighted by Crippen LogP contribution is -2.39. The number of hydrogen-bond acceptors (Lipinski definition) is 3. The van der Waals surface area contributed by atoms with Gasteiger partial charge in [0.25, 0.3) is 5.91 Å². The van der Waals surface area contributed by atoms with Crippen molar-refractivity contribution in [1.82, 2.24) is 4.72 Å². The van der Waals surface area contributed by atoms with Gasteiger partial charge in [-0.25, -0.2) is 13.5 Å². The second kappa shape index (κ2) is 7.36. The molecule has 1 atom stereocenters. The molecule has 0 bridgehead atoms. The summed E-state index contributed by atoms with van der Waals surface area (Å²) in [5, 5.41) is 2.26. The summed E-state index contributed by atoms with van der Waals surface area (Å²) in [6, 6.07) is 3.39. The first-order valence-corrected chi connectivity index (χ1v) is 8.67. The molecule has 0 aromatic heterocycles. The molecule has 1 unspecified atom stereocenters. The van der Waals surface area contributed by atoms with Crippen LogP contribution in [0.15, 0.2) is 41.6 Å². The molecule has 0 radical (unpaired) electrons. The van der Waals surface area contributed by atoms with E-state index in [9.17, 15) is 18.1 Å². The van der Waals surface area contributed by atoms with E-state index >= 15 is 0 Å². The van der Waals surface area contributed by atoms with E-state index in [1.54, 1.807) is 12.2 Å². The Morgan fingerprint density at radius 2 is 1.79 bits per heavy atom. The quantitative estimate of drug-likeness (QED) is 0.813. The van der Waals surface area contributed by atoms with Crippen LogP contribution < -0.4 is 10.0 Å². The largest absolute Gasteiger partial charge is 0.593 e. The number of anilines is 1. The van der Waals surface area contributed by atoms with Gasteiger partial charge >= 0.3 is 0 Å². The average molecular weight is 354 g/mol. The van der Waals surface area contributed by atoms with Gasteiger partial charge in [0, 0.05) is 5.57 Å². The molecule has 0 saturated carbocycles. The Bertz CT molecular complexity index is 676. The van der Waals surface area contributed by atoms with E-state index in [4.69, 9.17) is 0 Å². The predicted molar refractivity (Wildman–Crippen MR) is 91.4 cm³/mol. The first-order valence-electron chi connectivity index (χ1n) is 7.52. The van der Waals surface area contributed by atoms with Gasteiger partial charge in [0.15, 0.2) is 0 Å². The smallest absolute Gasteiger partial charge is 0.251 e. The van der Waals surface area contributed by atoms with Crippen LogP contribution >= 0.6 is 0 Å². The number of halogens is 2. The summed E-state index contributed by atoms with van der Waals surface area (Å²) in [6.45, 7) is 5.57. The number of para-hydroxylation sites is 1. The Labute approximate surface area is 143 Å². The third-order valence-corrected chi connectivity index (χ3v) is 4.98. The standard InChI is InChI=1S/C17H20F2N2O2S/c1-17(2,3)24(23)21-12-9-7-11(8-10-12)16(22)20-15-13(18)5-4-6-14(15)19/h4-7,9,21H,8,10H2,1-3H3,(H,20,22). The number of nitrogens with one attached hydrogen (secondary N) is 2. The van der Waals surface area contributed by atoms with Crippen molar-refractivity contribution in [3.63, 3.8) is 0 Å². The molecule has 1 amide bonds. The van der Waals surface area contributed by atoms with Crippen LogP contribution in [-0.4, -0.2) is 15.2 Å². The highest BCUT2D eigenvalue weighted by atomic mass is 32.2. The van der Waals surface area contributed by atoms with Crippen molar-refractivity contribution in [3.05, 3.63) is 53.3 Å². The van der Waals surface area contributed by atoms with Crippen molar-refractivity contribution in [3.8, 4) is 0 Å². The summed E-state index contributed by atoms with van der Waals surface area (Å²) in [7, 11) is 0. The molecular weight excluding hydrogens is 334 g/mol. The van der Waals surface area contributed by atoms with Crippen LogP contribution in [-0.2, 0) is 16.2 Å². The molecule has 0 fully saturated rings. The fourth-order valence-corrected chi connectivity index (χ4v) is 2.71. The van der Waals surface area contributed by atoms with Crippen molar-refractivity contribution in [1.29, 1.82) is 0 Å². The zero-order valence-electron chi connectivity index (χ0n) is 13.8. The number of hydrogen-bond donors (Lipinski definition) is 2. The van der Waals surface area contributed by atoms with Crippen molar-refractivity contribution < 1.29 is 18.1 Å². The summed E-state index contributed by atoms with van der Waals surface area (Å²) in [5.74, 6) is -2.19. The van der Waals surface area contributed by atoms with E-state index < -0.39 is 39.3 Å². The van der Waals surface area contributed by atoms with Gasteiger partial charge in [-0.05, 0) is 51.8 Å². The summed E-state index contributed by atoms with van der Waals surface area (Å²) in [5.41, 5.74) is 0.715. The summed E-state index contributed by atoms with van der Waals surface area (Å²) < 4.78 is 41.7. The number of carbonyl (C=O) groups excluding carboxylic acids is 1. The minimum Gasteiger partial charge on any atom is -0.593 e. The molecule has 1 aromatic rings. The SMILES string of the molecule is CC(C)(C)[S+]([O-])NC1=CC=C(C(=O)Nc2c(F)cccc2F)CC1. The third kappa shape index (κ3) is 4.58. The second-order valence-corrected chi connectivity index (χ2v) is 8.38. The van der Waals surface area contributed by atoms with Crippen molar-refractivity contribution in [2.45, 2.75) is 38.4 Å². The van der Waals surface area contributed by atoms with Crippen LogP contribution in [0.2, 0.25) is 0 Å². The van der Waals surface area contributed by atoms with Crippen LogP contribution in [0.5, 0.6) is 0 Å². The highest BCUT2D eigenvalue weighted by molar-refractivity contribution is 7.90. The number of rotatable bonds is 4. The van der Waals surface area contributed by atoms with E-state index in [0.29, 0.717) is 18.4 Å². The molecule has 0 aliphatic heterocycles. The van der Waals surface area contributed by atoms with Crippen molar-refractivity contribution >= 4 is 23.0 Å². The Morgan fingerprint density at radius 3 is 2.29 bits per heavy atom. The van der Waals surface area contributed by atoms with Crippen LogP contribution in [0.3, 0.4) is 0 Å². The number of allylic oxidation sites excluding steroid dienone is 3. The lowest BCUT2D eigenvalue weighted by Gasteiger charge is -2.26. The number of amides is 1. The van der Waals surface area contributed by atoms with E-state index in [2.05, 4.69) is 10.0 Å². The molecule has 0 heterocycles. The molecule has 130 valence electrons. The molecule has 1 aliphatic carbocycles. The zero-order valence-corrected chi connectivity index (χ0v) is 14.6. The molecule has 1 aliphatic rings. The maximum absolute atomic E-state index is 13.6. The molecule has 0 spiro atoms. The van der Waals surface area contributed by atoms with Crippen LogP contribution in [0.25, 0.3) is 0 Å². The highest BCUT2D eigenvalue weighted by Gasteiger charge is 2.28. The lowest BCUT2D eigenvalue weighted by atomic mass is 10.0. The maximum atomic E-state index is 13.6. The number of benzene rings is 1. The monoisotopic (exact) mass is 354 g/mol. The summed E-state index contributed by atoms with van der Waals surface area (Å²) in [4.78, 5) is 12.1. The normalized spacial score (nSPS) is 16.1. The van der Waals surface area contributed by atoms with Crippen LogP contribution in [0.4, 0.5) is 14.5 Å². The zero-order chi connectivity index (χ0) is 17.9. The molecule has 7 heteroatoms. The Morgan fingerprint density at radius 1 is 1.17 bits per heavy atom. The molecular formula is C17H20F2N2O2S. The molecule has 24 heavy (non-hydrogen) atoms. The minimum absolute atomic E-state index is 0.391. The summed E-state index contributed by atoms with van der Waals surface area (Å²) in [6.07, 6.45) is 4.13. The van der Waals surface area contributed by atoms with E-state index in [-0.39, 0.29) is 0 Å². The number of carbonyl (C=O) groups is 1. The van der Waals surface area contributed by atoms with Gasteiger partial charge in [-0.1, -0.05) is 12.1 Å². The average Bonchev–Trinajstić information content (AvgIpc) is 2.50.